The maximum Gasteiger partial charge on any atom is 0.312 e. The van der Waals surface area contributed by atoms with E-state index in [1.165, 1.54) is 0 Å². The molecule has 0 amide bonds. The molecule has 184 valence electrons. The first kappa shape index (κ1) is 22.6. The van der Waals surface area contributed by atoms with Crippen LogP contribution in [0, 0.1) is 0 Å². The zero-order valence-electron chi connectivity index (χ0n) is 20.0. The van der Waals surface area contributed by atoms with Gasteiger partial charge < -0.3 is 23.9 Å². The lowest BCUT2D eigenvalue weighted by Crippen LogP contribution is -2.26. The van der Waals surface area contributed by atoms with Crippen LogP contribution in [0.4, 0.5) is 0 Å². The quantitative estimate of drug-likeness (QED) is 0.251. The lowest BCUT2D eigenvalue weighted by atomic mass is 9.85. The van der Waals surface area contributed by atoms with Gasteiger partial charge in [0.1, 0.15) is 23.0 Å². The normalized spacial score (nSPS) is 17.2. The Balaban J connectivity index is 1.47. The van der Waals surface area contributed by atoms with E-state index in [-0.39, 0.29) is 29.3 Å². The number of ketones is 1. The van der Waals surface area contributed by atoms with Crippen LogP contribution in [0.5, 0.6) is 23.0 Å². The highest BCUT2D eigenvalue weighted by molar-refractivity contribution is 6.15. The van der Waals surface area contributed by atoms with Gasteiger partial charge in [0.25, 0.3) is 5.56 Å². The Labute approximate surface area is 211 Å². The number of pyridine rings is 1. The van der Waals surface area contributed by atoms with Crippen LogP contribution in [-0.2, 0) is 4.79 Å². The van der Waals surface area contributed by atoms with Gasteiger partial charge in [-0.25, -0.2) is 0 Å². The number of ether oxygens (including phenoxy) is 4. The highest BCUT2D eigenvalue weighted by Crippen LogP contribution is 2.48. The van der Waals surface area contributed by atoms with Crippen LogP contribution < -0.4 is 24.5 Å². The topological polar surface area (TPSA) is 104 Å². The van der Waals surface area contributed by atoms with Crippen molar-refractivity contribution in [1.29, 1.82) is 0 Å². The molecular weight excluding hydrogens is 474 g/mol. The molecule has 6 rings (SSSR count). The molecule has 0 fully saturated rings. The number of carbonyl (C=O) groups is 2. The second kappa shape index (κ2) is 8.67. The molecule has 0 spiro atoms. The third kappa shape index (κ3) is 3.83. The molecule has 8 heteroatoms. The van der Waals surface area contributed by atoms with Crippen molar-refractivity contribution >= 4 is 28.7 Å². The van der Waals surface area contributed by atoms with Crippen molar-refractivity contribution in [3.05, 3.63) is 99.0 Å². The number of hydrogen-bond acceptors (Lipinski definition) is 7. The fourth-order valence-corrected chi connectivity index (χ4v) is 4.81. The van der Waals surface area contributed by atoms with Gasteiger partial charge in [-0.2, -0.15) is 0 Å². The molecule has 1 N–H and O–H groups in total. The number of benzene rings is 3. The average Bonchev–Trinajstić information content (AvgIpc) is 3.22. The van der Waals surface area contributed by atoms with E-state index in [1.807, 2.05) is 18.2 Å². The summed E-state index contributed by atoms with van der Waals surface area (Å²) in [6, 6.07) is 17.4. The summed E-state index contributed by atoms with van der Waals surface area (Å²) >= 11 is 0. The van der Waals surface area contributed by atoms with Crippen LogP contribution in [0.25, 0.3) is 17.0 Å². The number of H-pyrrole nitrogens is 1. The van der Waals surface area contributed by atoms with Gasteiger partial charge in [-0.05, 0) is 60.2 Å². The smallest absolute Gasteiger partial charge is 0.312 e. The number of methoxy groups -OCH3 is 2. The Hall–Kier alpha value is -4.85. The first-order valence-electron chi connectivity index (χ1n) is 11.6. The molecule has 2 aliphatic rings. The molecule has 0 bridgehead atoms. The highest BCUT2D eigenvalue weighted by atomic mass is 16.5. The van der Waals surface area contributed by atoms with Gasteiger partial charge in [0.2, 0.25) is 5.78 Å². The lowest BCUT2D eigenvalue weighted by Gasteiger charge is -2.26. The van der Waals surface area contributed by atoms with Gasteiger partial charge >= 0.3 is 5.97 Å². The highest BCUT2D eigenvalue weighted by Gasteiger charge is 2.39. The molecular formula is C29H21NO7. The molecule has 1 atom stereocenters. The maximum atomic E-state index is 13.2. The molecule has 0 aliphatic carbocycles. The second-order valence-corrected chi connectivity index (χ2v) is 8.80. The summed E-state index contributed by atoms with van der Waals surface area (Å²) in [4.78, 5) is 41.8. The van der Waals surface area contributed by atoms with E-state index >= 15 is 0 Å². The van der Waals surface area contributed by atoms with Crippen molar-refractivity contribution in [2.75, 3.05) is 14.2 Å². The van der Waals surface area contributed by atoms with Crippen LogP contribution in [0.1, 0.15) is 39.4 Å². The fourth-order valence-electron chi connectivity index (χ4n) is 4.81. The van der Waals surface area contributed by atoms with Gasteiger partial charge in [-0.1, -0.05) is 12.1 Å². The summed E-state index contributed by atoms with van der Waals surface area (Å²) in [5.41, 5.74) is 2.28. The number of aromatic nitrogens is 1. The number of nitrogens with one attached hydrogen (secondary N) is 1. The number of carbonyl (C=O) groups excluding carboxylic acids is 2. The van der Waals surface area contributed by atoms with E-state index in [2.05, 4.69) is 4.98 Å². The Morgan fingerprint density at radius 2 is 1.65 bits per heavy atom. The van der Waals surface area contributed by atoms with Crippen molar-refractivity contribution in [1.82, 2.24) is 4.98 Å². The average molecular weight is 495 g/mol. The minimum atomic E-state index is -0.668. The fraction of sp³-hybridized carbons (Fsp3) is 0.138. The summed E-state index contributed by atoms with van der Waals surface area (Å²) in [5.74, 6) is 0.606. The van der Waals surface area contributed by atoms with Gasteiger partial charge in [0.05, 0.1) is 26.2 Å². The number of hydrogen-bond donors (Lipinski definition) is 1. The SMILES string of the molecule is COc1ccc(/C=C2/Oc3c(ccc4c3C(c3cc5cc(OC)ccc5[nH]c3=O)CC(=O)O4)C2=O)cc1. The van der Waals surface area contributed by atoms with Gasteiger partial charge in [0, 0.05) is 27.9 Å². The number of Topliss-reactive ketones (excluding diaryl/α,β-unsaturated/α-hetero) is 1. The Bertz CT molecular complexity index is 1680. The Kier molecular flexibility index (Phi) is 5.30. The predicted octanol–water partition coefficient (Wildman–Crippen LogP) is 4.60. The predicted molar refractivity (Wildman–Crippen MR) is 136 cm³/mol. The second-order valence-electron chi connectivity index (χ2n) is 8.80. The van der Waals surface area contributed by atoms with Gasteiger partial charge in [-0.15, -0.1) is 0 Å². The third-order valence-electron chi connectivity index (χ3n) is 6.65. The Morgan fingerprint density at radius 1 is 0.892 bits per heavy atom. The molecule has 8 nitrogen and oxygen atoms in total. The van der Waals surface area contributed by atoms with Crippen molar-refractivity contribution < 1.29 is 28.5 Å². The van der Waals surface area contributed by atoms with Crippen LogP contribution in [0.15, 0.2) is 71.2 Å². The molecule has 2 aliphatic heterocycles. The lowest BCUT2D eigenvalue weighted by molar-refractivity contribution is -0.135. The molecule has 37 heavy (non-hydrogen) atoms. The molecule has 1 aromatic heterocycles. The molecule has 0 saturated carbocycles. The minimum absolute atomic E-state index is 0.0723. The van der Waals surface area contributed by atoms with E-state index in [0.717, 1.165) is 10.9 Å². The zero-order valence-corrected chi connectivity index (χ0v) is 20.0. The van der Waals surface area contributed by atoms with Crippen molar-refractivity contribution in [2.45, 2.75) is 12.3 Å². The third-order valence-corrected chi connectivity index (χ3v) is 6.65. The van der Waals surface area contributed by atoms with Crippen molar-refractivity contribution in [2.24, 2.45) is 0 Å². The number of allylic oxidation sites excluding steroid dienone is 1. The summed E-state index contributed by atoms with van der Waals surface area (Å²) < 4.78 is 22.1. The summed E-state index contributed by atoms with van der Waals surface area (Å²) in [6.45, 7) is 0. The van der Waals surface area contributed by atoms with Gasteiger partial charge in [-0.3, -0.25) is 14.4 Å². The van der Waals surface area contributed by atoms with E-state index in [4.69, 9.17) is 18.9 Å². The Morgan fingerprint density at radius 3 is 2.41 bits per heavy atom. The molecule has 3 heterocycles. The molecule has 0 saturated heterocycles. The van der Waals surface area contributed by atoms with Gasteiger partial charge in [0.15, 0.2) is 5.76 Å². The minimum Gasteiger partial charge on any atom is -0.497 e. The van der Waals surface area contributed by atoms with Crippen molar-refractivity contribution in [3.63, 3.8) is 0 Å². The van der Waals surface area contributed by atoms with Crippen LogP contribution >= 0.6 is 0 Å². The standard InChI is InChI=1S/C29H21NO7/c1-34-17-5-3-15(4-6-17)11-24-27(32)19-8-10-23-26(28(19)37-24)20(14-25(31)36-23)21-13-16-12-18(35-2)7-9-22(16)30-29(21)33/h3-13,20H,14H2,1-2H3,(H,30,33)/b24-11+. The molecule has 0 radical (unpaired) electrons. The number of esters is 1. The first-order valence-corrected chi connectivity index (χ1v) is 11.6. The zero-order chi connectivity index (χ0) is 25.7. The molecule has 4 aromatic rings. The van der Waals surface area contributed by atoms with Crippen LogP contribution in [-0.4, -0.2) is 31.0 Å². The number of rotatable bonds is 4. The monoisotopic (exact) mass is 495 g/mol. The number of fused-ring (bicyclic) bond motifs is 4. The summed E-state index contributed by atoms with van der Waals surface area (Å²) in [6.07, 6.45) is 1.57. The molecule has 1 unspecified atom stereocenters. The van der Waals surface area contributed by atoms with E-state index in [1.54, 1.807) is 62.8 Å². The van der Waals surface area contributed by atoms with Crippen LogP contribution in [0.2, 0.25) is 0 Å². The first-order chi connectivity index (χ1) is 17.9. The summed E-state index contributed by atoms with van der Waals surface area (Å²) in [7, 11) is 3.15. The van der Waals surface area contributed by atoms with Crippen molar-refractivity contribution in [3.8, 4) is 23.0 Å². The largest absolute Gasteiger partial charge is 0.497 e. The van der Waals surface area contributed by atoms with Crippen LogP contribution in [0.3, 0.4) is 0 Å². The molecule has 3 aromatic carbocycles. The van der Waals surface area contributed by atoms with E-state index in [9.17, 15) is 14.4 Å². The van der Waals surface area contributed by atoms with E-state index in [0.29, 0.717) is 39.5 Å². The van der Waals surface area contributed by atoms with E-state index < -0.39 is 11.9 Å². The number of aromatic amines is 1. The summed E-state index contributed by atoms with van der Waals surface area (Å²) in [5, 5.41) is 0.749. The maximum absolute atomic E-state index is 13.2.